The molecule has 0 unspecified atom stereocenters. The van der Waals surface area contributed by atoms with Gasteiger partial charge in [-0.05, 0) is 55.5 Å². The summed E-state index contributed by atoms with van der Waals surface area (Å²) < 4.78 is 22.0. The first-order valence-corrected chi connectivity index (χ1v) is 8.36. The number of hydrogen-bond acceptors (Lipinski definition) is 3. The van der Waals surface area contributed by atoms with Crippen molar-refractivity contribution in [2.75, 3.05) is 12.3 Å². The lowest BCUT2D eigenvalue weighted by atomic mass is 10.1. The van der Waals surface area contributed by atoms with Crippen LogP contribution in [0.25, 0.3) is 11.3 Å². The van der Waals surface area contributed by atoms with E-state index in [1.165, 1.54) is 24.3 Å². The summed E-state index contributed by atoms with van der Waals surface area (Å²) in [6, 6.07) is 13.2. The van der Waals surface area contributed by atoms with E-state index in [0.29, 0.717) is 18.1 Å². The van der Waals surface area contributed by atoms with Crippen molar-refractivity contribution in [1.29, 1.82) is 0 Å². The number of Topliss-reactive ketones (excluding diaryl/α,β-unsaturated/α-hetero) is 1. The molecule has 0 saturated carbocycles. The van der Waals surface area contributed by atoms with Crippen LogP contribution in [0.1, 0.15) is 17.3 Å². The zero-order valence-electron chi connectivity index (χ0n) is 14.8. The zero-order chi connectivity index (χ0) is 18.7. The van der Waals surface area contributed by atoms with Crippen molar-refractivity contribution in [1.82, 2.24) is 4.57 Å². The van der Waals surface area contributed by atoms with Crippen LogP contribution in [0.4, 0.5) is 10.3 Å². The predicted molar refractivity (Wildman–Crippen MR) is 97.4 cm³/mol. The van der Waals surface area contributed by atoms with Gasteiger partial charge in [0.1, 0.15) is 30.0 Å². The minimum Gasteiger partial charge on any atom is -0.494 e. The molecule has 3 rings (SSSR count). The molecule has 134 valence electrons. The molecule has 0 atom stereocenters. The van der Waals surface area contributed by atoms with Crippen molar-refractivity contribution in [3.8, 4) is 17.0 Å². The first kappa shape index (κ1) is 17.7. The maximum Gasteiger partial charge on any atom is 0.355 e. The van der Waals surface area contributed by atoms with Gasteiger partial charge in [-0.3, -0.25) is 10.5 Å². The minimum atomic E-state index is -0.369. The van der Waals surface area contributed by atoms with Crippen LogP contribution < -0.4 is 15.0 Å². The third-order valence-electron chi connectivity index (χ3n) is 4.22. The Labute approximate surface area is 151 Å². The Bertz CT molecular complexity index is 915. The third-order valence-corrected chi connectivity index (χ3v) is 4.22. The Kier molecular flexibility index (Phi) is 5.02. The van der Waals surface area contributed by atoms with Gasteiger partial charge in [-0.25, -0.2) is 13.5 Å². The summed E-state index contributed by atoms with van der Waals surface area (Å²) in [5, 5.41) is 0. The van der Waals surface area contributed by atoms with E-state index < -0.39 is 0 Å². The van der Waals surface area contributed by atoms with Crippen LogP contribution in [0.5, 0.6) is 5.75 Å². The Morgan fingerprint density at radius 1 is 1.15 bits per heavy atom. The van der Waals surface area contributed by atoms with E-state index in [4.69, 9.17) is 10.5 Å². The summed E-state index contributed by atoms with van der Waals surface area (Å²) in [7, 11) is 1.85. The van der Waals surface area contributed by atoms with Crippen LogP contribution in [0, 0.1) is 5.82 Å². The molecule has 6 heteroatoms. The van der Waals surface area contributed by atoms with E-state index in [1.807, 2.05) is 49.0 Å². The van der Waals surface area contributed by atoms with Crippen molar-refractivity contribution in [3.63, 3.8) is 0 Å². The molecule has 0 aliphatic heterocycles. The van der Waals surface area contributed by atoms with Gasteiger partial charge < -0.3 is 4.74 Å². The van der Waals surface area contributed by atoms with E-state index in [9.17, 15) is 9.18 Å². The van der Waals surface area contributed by atoms with Gasteiger partial charge in [-0.1, -0.05) is 0 Å². The highest BCUT2D eigenvalue weighted by molar-refractivity contribution is 5.95. The predicted octanol–water partition coefficient (Wildman–Crippen LogP) is 2.98. The number of anilines is 1. The summed E-state index contributed by atoms with van der Waals surface area (Å²) in [6.07, 6.45) is 1.84. The van der Waals surface area contributed by atoms with E-state index in [2.05, 4.69) is 0 Å². The number of benzene rings is 2. The highest BCUT2D eigenvalue weighted by Gasteiger charge is 2.20. The Hall–Kier alpha value is -3.15. The van der Waals surface area contributed by atoms with Gasteiger partial charge in [0, 0.05) is 11.1 Å². The fraction of sp³-hybridized carbons (Fsp3) is 0.200. The number of carbonyl (C=O) groups excluding carboxylic acids is 1. The molecule has 0 saturated heterocycles. The second kappa shape index (κ2) is 7.39. The van der Waals surface area contributed by atoms with E-state index in [-0.39, 0.29) is 18.1 Å². The number of imidazole rings is 1. The Balaban J connectivity index is 1.85. The van der Waals surface area contributed by atoms with Crippen LogP contribution in [0.15, 0.2) is 54.7 Å². The fourth-order valence-electron chi connectivity index (χ4n) is 2.78. The summed E-state index contributed by atoms with van der Waals surface area (Å²) in [5.41, 5.74) is 8.46. The molecule has 2 aromatic carbocycles. The van der Waals surface area contributed by atoms with Gasteiger partial charge in [-0.15, -0.1) is 0 Å². The summed E-state index contributed by atoms with van der Waals surface area (Å²) >= 11 is 0. The fourth-order valence-corrected chi connectivity index (χ4v) is 2.78. The smallest absolute Gasteiger partial charge is 0.355 e. The normalized spacial score (nSPS) is 10.7. The molecule has 5 nitrogen and oxygen atoms in total. The van der Waals surface area contributed by atoms with Crippen LogP contribution in [0.3, 0.4) is 0 Å². The van der Waals surface area contributed by atoms with Crippen LogP contribution in [0.2, 0.25) is 0 Å². The van der Waals surface area contributed by atoms with Gasteiger partial charge >= 0.3 is 5.95 Å². The number of nitrogen functional groups attached to an aromatic ring is 1. The lowest BCUT2D eigenvalue weighted by Crippen LogP contribution is -2.39. The number of carbonyl (C=O) groups is 1. The van der Waals surface area contributed by atoms with Gasteiger partial charge in [0.05, 0.1) is 13.7 Å². The molecular formula is C20H21FN3O2+. The molecule has 0 aliphatic carbocycles. The van der Waals surface area contributed by atoms with E-state index in [0.717, 1.165) is 17.0 Å². The number of nitrogens with zero attached hydrogens (tertiary/aromatic N) is 2. The molecule has 1 heterocycles. The van der Waals surface area contributed by atoms with Crippen molar-refractivity contribution >= 4 is 11.7 Å². The number of halogens is 1. The number of nitrogens with two attached hydrogens (primary N) is 1. The quantitative estimate of drug-likeness (QED) is 0.547. The average Bonchev–Trinajstić information content (AvgIpc) is 2.92. The second-order valence-corrected chi connectivity index (χ2v) is 5.95. The highest BCUT2D eigenvalue weighted by Crippen LogP contribution is 2.23. The van der Waals surface area contributed by atoms with Crippen LogP contribution in [-0.2, 0) is 13.6 Å². The maximum absolute atomic E-state index is 13.0. The van der Waals surface area contributed by atoms with Crippen LogP contribution in [-0.4, -0.2) is 17.0 Å². The summed E-state index contributed by atoms with van der Waals surface area (Å²) in [5.74, 6) is 0.763. The molecule has 3 aromatic rings. The third kappa shape index (κ3) is 3.59. The largest absolute Gasteiger partial charge is 0.494 e. The Morgan fingerprint density at radius 3 is 2.42 bits per heavy atom. The van der Waals surface area contributed by atoms with Gasteiger partial charge in [0.2, 0.25) is 0 Å². The Morgan fingerprint density at radius 2 is 1.81 bits per heavy atom. The molecule has 0 fully saturated rings. The minimum absolute atomic E-state index is 0.0856. The van der Waals surface area contributed by atoms with Crippen LogP contribution >= 0.6 is 0 Å². The molecule has 0 spiro atoms. The lowest BCUT2D eigenvalue weighted by molar-refractivity contribution is -0.667. The van der Waals surface area contributed by atoms with Gasteiger partial charge in [0.25, 0.3) is 0 Å². The van der Waals surface area contributed by atoms with Crippen molar-refractivity contribution in [3.05, 3.63) is 66.1 Å². The first-order chi connectivity index (χ1) is 12.5. The summed E-state index contributed by atoms with van der Waals surface area (Å²) in [6.45, 7) is 2.64. The SMILES string of the molecule is CCOc1ccc(-c2c[n+](CC(=O)c3ccc(F)cc3)c(N)n2C)cc1. The monoisotopic (exact) mass is 354 g/mol. The van der Waals surface area contributed by atoms with Gasteiger partial charge in [-0.2, -0.15) is 0 Å². The number of aromatic nitrogens is 2. The van der Waals surface area contributed by atoms with Crippen molar-refractivity contribution in [2.45, 2.75) is 13.5 Å². The van der Waals surface area contributed by atoms with Gasteiger partial charge in [0.15, 0.2) is 5.78 Å². The first-order valence-electron chi connectivity index (χ1n) is 8.36. The molecule has 0 radical (unpaired) electrons. The number of rotatable bonds is 6. The zero-order valence-corrected chi connectivity index (χ0v) is 14.8. The molecule has 26 heavy (non-hydrogen) atoms. The topological polar surface area (TPSA) is 61.1 Å². The molecule has 2 N–H and O–H groups in total. The molecular weight excluding hydrogens is 333 g/mol. The van der Waals surface area contributed by atoms with Crippen molar-refractivity contribution < 1.29 is 18.5 Å². The van der Waals surface area contributed by atoms with Crippen molar-refractivity contribution in [2.24, 2.45) is 7.05 Å². The highest BCUT2D eigenvalue weighted by atomic mass is 19.1. The average molecular weight is 354 g/mol. The summed E-state index contributed by atoms with van der Waals surface area (Å²) in [4.78, 5) is 12.4. The van der Waals surface area contributed by atoms with E-state index >= 15 is 0 Å². The molecule has 1 aromatic heterocycles. The maximum atomic E-state index is 13.0. The number of ketones is 1. The van der Waals surface area contributed by atoms with E-state index in [1.54, 1.807) is 4.57 Å². The number of hydrogen-bond donors (Lipinski definition) is 1. The molecule has 0 bridgehead atoms. The standard InChI is InChI=1S/C20H20FN3O2/c1-3-26-17-10-6-14(7-11-17)18-12-24(20(22)23(18)2)13-19(25)15-4-8-16(21)9-5-15/h4-12,22H,3,13H2,1-2H3/p+1. The molecule has 0 amide bonds. The lowest BCUT2D eigenvalue weighted by Gasteiger charge is -2.03. The second-order valence-electron chi connectivity index (χ2n) is 5.95. The molecule has 0 aliphatic rings. The number of ether oxygens (including phenoxy) is 1.